The van der Waals surface area contributed by atoms with Crippen LogP contribution in [-0.4, -0.2) is 59.3 Å². The molecule has 4 aromatic rings. The lowest BCUT2D eigenvalue weighted by Crippen LogP contribution is -2.55. The second-order valence-corrected chi connectivity index (χ2v) is 14.1. The van der Waals surface area contributed by atoms with Crippen LogP contribution in [0.25, 0.3) is 0 Å². The summed E-state index contributed by atoms with van der Waals surface area (Å²) in [6.45, 7) is 5.00. The molecule has 57 heavy (non-hydrogen) atoms. The van der Waals surface area contributed by atoms with Crippen LogP contribution in [0, 0.1) is 0 Å². The van der Waals surface area contributed by atoms with E-state index in [1.807, 2.05) is 48.5 Å². The van der Waals surface area contributed by atoms with Gasteiger partial charge in [-0.15, -0.1) is 0 Å². The Hall–Kier alpha value is -6.21. The molecule has 302 valence electrons. The van der Waals surface area contributed by atoms with Gasteiger partial charge in [0.1, 0.15) is 38.1 Å². The Morgan fingerprint density at radius 2 is 1.07 bits per heavy atom. The molecule has 13 heteroatoms. The fourth-order valence-corrected chi connectivity index (χ4v) is 5.38. The van der Waals surface area contributed by atoms with E-state index in [-0.39, 0.29) is 39.4 Å². The zero-order valence-corrected chi connectivity index (χ0v) is 32.6. The first-order chi connectivity index (χ1) is 27.5. The van der Waals surface area contributed by atoms with Crippen molar-refractivity contribution in [2.24, 2.45) is 0 Å². The summed E-state index contributed by atoms with van der Waals surface area (Å²) in [6.07, 6.45) is -1.41. The van der Waals surface area contributed by atoms with Crippen molar-refractivity contribution in [1.82, 2.24) is 15.7 Å². The zero-order valence-electron chi connectivity index (χ0n) is 32.6. The molecule has 4 rings (SSSR count). The lowest BCUT2D eigenvalue weighted by Gasteiger charge is -2.32. The van der Waals surface area contributed by atoms with Crippen molar-refractivity contribution < 1.29 is 47.8 Å². The predicted molar refractivity (Wildman–Crippen MR) is 211 cm³/mol. The van der Waals surface area contributed by atoms with Crippen LogP contribution in [0.3, 0.4) is 0 Å². The summed E-state index contributed by atoms with van der Waals surface area (Å²) in [7, 11) is 0. The largest absolute Gasteiger partial charge is 0.461 e. The molecule has 0 bridgehead atoms. The monoisotopic (exact) mass is 781 g/mol. The summed E-state index contributed by atoms with van der Waals surface area (Å²) in [6, 6.07) is 33.4. The Kier molecular flexibility index (Phi) is 17.6. The molecule has 0 aliphatic rings. The number of nitrogens with one attached hydrogen (secondary N) is 2. The predicted octanol–water partition coefficient (Wildman–Crippen LogP) is 7.18. The first-order valence-corrected chi connectivity index (χ1v) is 18.8. The maximum absolute atomic E-state index is 14.6. The Morgan fingerprint density at radius 3 is 1.58 bits per heavy atom. The van der Waals surface area contributed by atoms with E-state index in [9.17, 15) is 24.0 Å². The van der Waals surface area contributed by atoms with Gasteiger partial charge in [0, 0.05) is 6.54 Å². The second-order valence-electron chi connectivity index (χ2n) is 14.1. The van der Waals surface area contributed by atoms with Gasteiger partial charge in [-0.05, 0) is 62.3 Å². The summed E-state index contributed by atoms with van der Waals surface area (Å²) in [5.74, 6) is -2.47. The normalized spacial score (nSPS) is 12.0. The number of esters is 2. The Labute approximate surface area is 333 Å². The van der Waals surface area contributed by atoms with E-state index in [0.717, 1.165) is 21.8 Å². The summed E-state index contributed by atoms with van der Waals surface area (Å²) < 4.78 is 21.9. The smallest absolute Gasteiger partial charge is 0.408 e. The quantitative estimate of drug-likeness (QED) is 0.0407. The van der Waals surface area contributed by atoms with Crippen molar-refractivity contribution in [3.05, 3.63) is 144 Å². The van der Waals surface area contributed by atoms with Crippen LogP contribution >= 0.6 is 0 Å². The molecule has 0 saturated heterocycles. The molecule has 0 unspecified atom stereocenters. The van der Waals surface area contributed by atoms with Gasteiger partial charge >= 0.3 is 24.1 Å². The molecule has 0 aliphatic heterocycles. The molecule has 4 aromatic carbocycles. The molecule has 0 heterocycles. The highest BCUT2D eigenvalue weighted by Gasteiger charge is 2.38. The summed E-state index contributed by atoms with van der Waals surface area (Å²) in [5.41, 5.74) is 2.04. The van der Waals surface area contributed by atoms with Gasteiger partial charge in [-0.3, -0.25) is 14.4 Å². The van der Waals surface area contributed by atoms with Crippen LogP contribution in [0.1, 0.15) is 68.7 Å². The minimum Gasteiger partial charge on any atom is -0.461 e. The molecule has 3 amide bonds. The number of ether oxygens (including phenoxy) is 4. The van der Waals surface area contributed by atoms with Gasteiger partial charge in [0.25, 0.3) is 5.91 Å². The van der Waals surface area contributed by atoms with Gasteiger partial charge in [-0.25, -0.2) is 19.4 Å². The molecule has 0 saturated carbocycles. The number of unbranched alkanes of at least 4 members (excludes halogenated alkanes) is 1. The fraction of sp³-hybridized carbons (Fsp3) is 0.341. The lowest BCUT2D eigenvalue weighted by atomic mass is 10.1. The molecule has 2 atom stereocenters. The van der Waals surface area contributed by atoms with Crippen LogP contribution < -0.4 is 10.6 Å². The average Bonchev–Trinajstić information content (AvgIpc) is 3.21. The van der Waals surface area contributed by atoms with Crippen molar-refractivity contribution >= 4 is 30.0 Å². The highest BCUT2D eigenvalue weighted by Crippen LogP contribution is 2.19. The van der Waals surface area contributed by atoms with Gasteiger partial charge < -0.3 is 29.6 Å². The standard InChI is InChI=1S/C44H51N3O10/c1-44(2,3)57-43(52)46-37(28-39(48)53-29-33-18-8-4-9-19-33)40(49)47(56-32-36-24-14-7-15-25-36)38(41(50)54-30-34-20-10-5-11-21-34)26-16-17-27-45-42(51)55-31-35-22-12-6-13-23-35/h4-15,18-25,37-38H,16-17,26-32H2,1-3H3,(H,45,51)(H,46,52)/t37-,38+/m0/s1. The molecule has 0 aromatic heterocycles. The Morgan fingerprint density at radius 1 is 0.596 bits per heavy atom. The molecule has 0 aliphatic carbocycles. The fourth-order valence-electron chi connectivity index (χ4n) is 5.38. The third kappa shape index (κ3) is 16.6. The number of benzene rings is 4. The van der Waals surface area contributed by atoms with Crippen LogP contribution in [0.15, 0.2) is 121 Å². The zero-order chi connectivity index (χ0) is 40.9. The average molecular weight is 782 g/mol. The molecular weight excluding hydrogens is 730 g/mol. The molecule has 0 fully saturated rings. The number of hydrogen-bond donors (Lipinski definition) is 2. The van der Waals surface area contributed by atoms with Crippen molar-refractivity contribution in [3.63, 3.8) is 0 Å². The number of carbonyl (C=O) groups is 5. The Balaban J connectivity index is 1.55. The van der Waals surface area contributed by atoms with Crippen molar-refractivity contribution in [1.29, 1.82) is 0 Å². The SMILES string of the molecule is CC(C)(C)OC(=O)N[C@@H](CC(=O)OCc1ccccc1)C(=O)N(OCc1ccccc1)[C@H](CCCCNC(=O)OCc1ccccc1)C(=O)OCc1ccccc1. The summed E-state index contributed by atoms with van der Waals surface area (Å²) >= 11 is 0. The van der Waals surface area contributed by atoms with E-state index in [0.29, 0.717) is 18.4 Å². The first-order valence-electron chi connectivity index (χ1n) is 18.8. The van der Waals surface area contributed by atoms with Crippen molar-refractivity contribution in [2.45, 2.75) is 90.6 Å². The number of alkyl carbamates (subject to hydrolysis) is 2. The number of hydrogen-bond acceptors (Lipinski definition) is 10. The first kappa shape index (κ1) is 43.5. The van der Waals surface area contributed by atoms with Crippen LogP contribution in [0.4, 0.5) is 9.59 Å². The van der Waals surface area contributed by atoms with Crippen LogP contribution in [0.2, 0.25) is 0 Å². The highest BCUT2D eigenvalue weighted by molar-refractivity contribution is 5.92. The van der Waals surface area contributed by atoms with E-state index in [2.05, 4.69) is 10.6 Å². The van der Waals surface area contributed by atoms with Gasteiger partial charge in [-0.1, -0.05) is 121 Å². The van der Waals surface area contributed by atoms with E-state index in [1.165, 1.54) is 0 Å². The number of amides is 3. The number of carbonyl (C=O) groups excluding carboxylic acids is 5. The van der Waals surface area contributed by atoms with E-state index >= 15 is 0 Å². The number of nitrogens with zero attached hydrogens (tertiary/aromatic N) is 1. The Bertz CT molecular complexity index is 1840. The maximum Gasteiger partial charge on any atom is 0.408 e. The molecule has 0 spiro atoms. The molecular formula is C44H51N3O10. The highest BCUT2D eigenvalue weighted by atomic mass is 16.7. The minimum atomic E-state index is -1.57. The topological polar surface area (TPSA) is 159 Å². The van der Waals surface area contributed by atoms with Gasteiger partial charge in [0.05, 0.1) is 6.42 Å². The van der Waals surface area contributed by atoms with Crippen molar-refractivity contribution in [3.8, 4) is 0 Å². The molecule has 13 nitrogen and oxygen atoms in total. The van der Waals surface area contributed by atoms with Gasteiger partial charge in [0.15, 0.2) is 6.04 Å². The minimum absolute atomic E-state index is 0.0342. The third-order valence-electron chi connectivity index (χ3n) is 8.20. The lowest BCUT2D eigenvalue weighted by molar-refractivity contribution is -0.216. The molecule has 0 radical (unpaired) electrons. The summed E-state index contributed by atoms with van der Waals surface area (Å²) in [4.78, 5) is 73.4. The van der Waals surface area contributed by atoms with E-state index in [1.54, 1.807) is 93.6 Å². The molecule has 2 N–H and O–H groups in total. The third-order valence-corrected chi connectivity index (χ3v) is 8.20. The maximum atomic E-state index is 14.6. The van der Waals surface area contributed by atoms with E-state index < -0.39 is 54.1 Å². The number of hydroxylamine groups is 2. The van der Waals surface area contributed by atoms with E-state index in [4.69, 9.17) is 23.8 Å². The van der Waals surface area contributed by atoms with Gasteiger partial charge in [0.2, 0.25) is 0 Å². The second kappa shape index (κ2) is 23.0. The number of rotatable bonds is 20. The summed E-state index contributed by atoms with van der Waals surface area (Å²) in [5, 5.41) is 6.07. The van der Waals surface area contributed by atoms with Crippen molar-refractivity contribution in [2.75, 3.05) is 6.54 Å². The van der Waals surface area contributed by atoms with Gasteiger partial charge in [-0.2, -0.15) is 0 Å². The van der Waals surface area contributed by atoms with Crippen LogP contribution in [0.5, 0.6) is 0 Å². The van der Waals surface area contributed by atoms with Crippen LogP contribution in [-0.2, 0) is 64.6 Å².